The van der Waals surface area contributed by atoms with E-state index < -0.39 is 5.97 Å². The summed E-state index contributed by atoms with van der Waals surface area (Å²) >= 11 is 11.9. The number of carbonyl (C=O) groups excluding carboxylic acids is 1. The van der Waals surface area contributed by atoms with Gasteiger partial charge in [-0.1, -0.05) is 36.2 Å². The lowest BCUT2D eigenvalue weighted by molar-refractivity contribution is -0.137. The van der Waals surface area contributed by atoms with Gasteiger partial charge in [0.2, 0.25) is 0 Å². The fraction of sp³-hybridized carbons (Fsp3) is 0.429. The van der Waals surface area contributed by atoms with Crippen molar-refractivity contribution >= 4 is 35.2 Å². The molecule has 116 valence electrons. The van der Waals surface area contributed by atoms with Gasteiger partial charge in [-0.15, -0.1) is 0 Å². The number of carboxylic acids is 1. The second kappa shape index (κ2) is 8.10. The number of hydrogen-bond donors (Lipinski definition) is 3. The van der Waals surface area contributed by atoms with Gasteiger partial charge in [0.05, 0.1) is 6.04 Å². The molecule has 21 heavy (non-hydrogen) atoms. The van der Waals surface area contributed by atoms with Crippen LogP contribution in [-0.4, -0.2) is 23.7 Å². The molecule has 0 heterocycles. The third-order valence-corrected chi connectivity index (χ3v) is 3.47. The second-order valence-electron chi connectivity index (χ2n) is 4.94. The molecular weight excluding hydrogens is 315 g/mol. The van der Waals surface area contributed by atoms with Crippen molar-refractivity contribution in [1.82, 2.24) is 10.6 Å². The van der Waals surface area contributed by atoms with Gasteiger partial charge in [0.15, 0.2) is 0 Å². The molecule has 0 fully saturated rings. The Balaban J connectivity index is 2.48. The largest absolute Gasteiger partial charge is 0.481 e. The van der Waals surface area contributed by atoms with Crippen molar-refractivity contribution in [3.63, 3.8) is 0 Å². The summed E-state index contributed by atoms with van der Waals surface area (Å²) in [5, 5.41) is 15.0. The molecule has 1 aromatic carbocycles. The topological polar surface area (TPSA) is 78.4 Å². The highest BCUT2D eigenvalue weighted by molar-refractivity contribution is 6.35. The van der Waals surface area contributed by atoms with Crippen LogP contribution in [0.5, 0.6) is 0 Å². The third kappa shape index (κ3) is 6.23. The average molecular weight is 333 g/mol. The van der Waals surface area contributed by atoms with Gasteiger partial charge >= 0.3 is 12.0 Å². The molecule has 0 bridgehead atoms. The molecule has 0 saturated carbocycles. The number of rotatable bonds is 6. The van der Waals surface area contributed by atoms with Crippen molar-refractivity contribution < 1.29 is 14.7 Å². The first-order valence-electron chi connectivity index (χ1n) is 6.50. The molecule has 0 saturated heterocycles. The van der Waals surface area contributed by atoms with Gasteiger partial charge in [0.25, 0.3) is 0 Å². The molecule has 2 unspecified atom stereocenters. The summed E-state index contributed by atoms with van der Waals surface area (Å²) in [6, 6.07) is 4.41. The molecule has 2 amide bonds. The zero-order valence-electron chi connectivity index (χ0n) is 11.8. The van der Waals surface area contributed by atoms with Crippen LogP contribution >= 0.6 is 23.2 Å². The van der Waals surface area contributed by atoms with Gasteiger partial charge in [0, 0.05) is 23.0 Å². The van der Waals surface area contributed by atoms with E-state index in [1.807, 2.05) is 0 Å². The van der Waals surface area contributed by atoms with Gasteiger partial charge in [-0.3, -0.25) is 4.79 Å². The monoisotopic (exact) mass is 332 g/mol. The Morgan fingerprint density at radius 3 is 2.52 bits per heavy atom. The van der Waals surface area contributed by atoms with Crippen LogP contribution in [0.3, 0.4) is 0 Å². The smallest absolute Gasteiger partial charge is 0.315 e. The number of halogens is 2. The molecule has 0 aromatic heterocycles. The molecule has 2 atom stereocenters. The van der Waals surface area contributed by atoms with E-state index in [2.05, 4.69) is 10.6 Å². The van der Waals surface area contributed by atoms with Crippen molar-refractivity contribution in [1.29, 1.82) is 0 Å². The maximum absolute atomic E-state index is 11.8. The van der Waals surface area contributed by atoms with Crippen LogP contribution in [0.4, 0.5) is 4.79 Å². The van der Waals surface area contributed by atoms with E-state index >= 15 is 0 Å². The van der Waals surface area contributed by atoms with Crippen molar-refractivity contribution in [2.24, 2.45) is 5.92 Å². The summed E-state index contributed by atoms with van der Waals surface area (Å²) in [5.74, 6) is -1.02. The standard InChI is InChI=1S/C14H18Cl2N2O3/c1-8(5-13(19)20)7-17-14(21)18-9(2)11-4-3-10(15)6-12(11)16/h3-4,6,8-9H,5,7H2,1-2H3,(H,19,20)(H2,17,18,21). The maximum atomic E-state index is 11.8. The van der Waals surface area contributed by atoms with E-state index in [4.69, 9.17) is 28.3 Å². The number of aliphatic carboxylic acids is 1. The fourth-order valence-corrected chi connectivity index (χ4v) is 2.39. The lowest BCUT2D eigenvalue weighted by Crippen LogP contribution is -2.39. The van der Waals surface area contributed by atoms with Crippen molar-refractivity contribution in [2.75, 3.05) is 6.54 Å². The van der Waals surface area contributed by atoms with Gasteiger partial charge in [-0.2, -0.15) is 0 Å². The van der Waals surface area contributed by atoms with Gasteiger partial charge < -0.3 is 15.7 Å². The van der Waals surface area contributed by atoms with Crippen molar-refractivity contribution in [3.8, 4) is 0 Å². The number of amides is 2. The SMILES string of the molecule is CC(CNC(=O)NC(C)c1ccc(Cl)cc1Cl)CC(=O)O. The number of carbonyl (C=O) groups is 2. The highest BCUT2D eigenvalue weighted by Crippen LogP contribution is 2.25. The maximum Gasteiger partial charge on any atom is 0.315 e. The number of benzene rings is 1. The van der Waals surface area contributed by atoms with E-state index in [9.17, 15) is 9.59 Å². The van der Waals surface area contributed by atoms with Gasteiger partial charge in [-0.25, -0.2) is 4.79 Å². The summed E-state index contributed by atoms with van der Waals surface area (Å²) in [6.45, 7) is 3.85. The predicted molar refractivity (Wildman–Crippen MR) is 82.8 cm³/mol. The Labute approximate surface area is 133 Å². The Bertz CT molecular complexity index is 523. The zero-order valence-corrected chi connectivity index (χ0v) is 13.3. The quantitative estimate of drug-likeness (QED) is 0.746. The molecule has 0 aliphatic heterocycles. The minimum atomic E-state index is -0.883. The van der Waals surface area contributed by atoms with E-state index in [1.165, 1.54) is 0 Å². The summed E-state index contributed by atoms with van der Waals surface area (Å²) in [5.41, 5.74) is 0.759. The van der Waals surface area contributed by atoms with Crippen LogP contribution in [0.2, 0.25) is 10.0 Å². The third-order valence-electron chi connectivity index (χ3n) is 2.91. The minimum absolute atomic E-state index is 0.0127. The molecule has 0 spiro atoms. The molecule has 0 aliphatic carbocycles. The van der Waals surface area contributed by atoms with Crippen LogP contribution in [0, 0.1) is 5.92 Å². The molecular formula is C14H18Cl2N2O3. The average Bonchev–Trinajstić information content (AvgIpc) is 2.35. The van der Waals surface area contributed by atoms with Gasteiger partial charge in [-0.05, 0) is 30.5 Å². The minimum Gasteiger partial charge on any atom is -0.481 e. The Hall–Kier alpha value is -1.46. The zero-order chi connectivity index (χ0) is 16.0. The molecule has 1 rings (SSSR count). The van der Waals surface area contributed by atoms with Crippen LogP contribution in [0.1, 0.15) is 31.9 Å². The van der Waals surface area contributed by atoms with Crippen LogP contribution < -0.4 is 10.6 Å². The number of carboxylic acid groups (broad SMARTS) is 1. The molecule has 5 nitrogen and oxygen atoms in total. The summed E-state index contributed by atoms with van der Waals surface area (Å²) < 4.78 is 0. The fourth-order valence-electron chi connectivity index (χ4n) is 1.82. The lowest BCUT2D eigenvalue weighted by Gasteiger charge is -2.17. The van der Waals surface area contributed by atoms with Crippen LogP contribution in [-0.2, 0) is 4.79 Å². The summed E-state index contributed by atoms with van der Waals surface area (Å²) in [6.07, 6.45) is 0.0127. The van der Waals surface area contributed by atoms with E-state index in [0.29, 0.717) is 16.6 Å². The summed E-state index contributed by atoms with van der Waals surface area (Å²) in [4.78, 5) is 22.3. The van der Waals surface area contributed by atoms with Crippen molar-refractivity contribution in [2.45, 2.75) is 26.3 Å². The second-order valence-corrected chi connectivity index (χ2v) is 5.79. The van der Waals surface area contributed by atoms with Gasteiger partial charge in [0.1, 0.15) is 0 Å². The number of hydrogen-bond acceptors (Lipinski definition) is 2. The molecule has 7 heteroatoms. The number of urea groups is 1. The first-order valence-corrected chi connectivity index (χ1v) is 7.26. The highest BCUT2D eigenvalue weighted by Gasteiger charge is 2.14. The molecule has 0 aliphatic rings. The van der Waals surface area contributed by atoms with Crippen LogP contribution in [0.25, 0.3) is 0 Å². The van der Waals surface area contributed by atoms with Crippen molar-refractivity contribution in [3.05, 3.63) is 33.8 Å². The molecule has 0 radical (unpaired) electrons. The summed E-state index contributed by atoms with van der Waals surface area (Å²) in [7, 11) is 0. The number of nitrogens with one attached hydrogen (secondary N) is 2. The predicted octanol–water partition coefficient (Wildman–Crippen LogP) is 3.46. The Kier molecular flexibility index (Phi) is 6.78. The van der Waals surface area contributed by atoms with Crippen LogP contribution in [0.15, 0.2) is 18.2 Å². The lowest BCUT2D eigenvalue weighted by atomic mass is 10.1. The van der Waals surface area contributed by atoms with E-state index in [0.717, 1.165) is 5.56 Å². The highest BCUT2D eigenvalue weighted by atomic mass is 35.5. The Morgan fingerprint density at radius 1 is 1.29 bits per heavy atom. The van der Waals surface area contributed by atoms with E-state index in [1.54, 1.807) is 32.0 Å². The molecule has 1 aromatic rings. The Morgan fingerprint density at radius 2 is 1.95 bits per heavy atom. The normalized spacial score (nSPS) is 13.3. The first-order chi connectivity index (χ1) is 9.79. The molecule has 3 N–H and O–H groups in total. The van der Waals surface area contributed by atoms with E-state index in [-0.39, 0.29) is 24.4 Å². The first kappa shape index (κ1) is 17.6.